The molecule has 2 aromatic heterocycles. The Morgan fingerprint density at radius 1 is 1.58 bits per heavy atom. The van der Waals surface area contributed by atoms with Crippen LogP contribution in [-0.4, -0.2) is 33.3 Å². The van der Waals surface area contributed by atoms with Crippen LogP contribution < -0.4 is 5.73 Å². The second-order valence-electron chi connectivity index (χ2n) is 5.26. The Balaban J connectivity index is 1.84. The van der Waals surface area contributed by atoms with Crippen LogP contribution >= 0.6 is 11.3 Å². The van der Waals surface area contributed by atoms with Crippen molar-refractivity contribution in [1.29, 1.82) is 0 Å². The van der Waals surface area contributed by atoms with E-state index in [0.29, 0.717) is 0 Å². The minimum atomic E-state index is -0.177. The molecule has 1 aliphatic heterocycles. The third kappa shape index (κ3) is 2.15. The van der Waals surface area contributed by atoms with Crippen molar-refractivity contribution in [3.8, 4) is 0 Å². The second kappa shape index (κ2) is 4.61. The molecule has 2 N–H and O–H groups in total. The average molecular weight is 278 g/mol. The van der Waals surface area contributed by atoms with Crippen LogP contribution in [0.2, 0.25) is 0 Å². The molecule has 3 rings (SSSR count). The van der Waals surface area contributed by atoms with Gasteiger partial charge in [-0.05, 0) is 26.8 Å². The molecule has 3 heterocycles. The first-order chi connectivity index (χ1) is 9.06. The predicted octanol–water partition coefficient (Wildman–Crippen LogP) is 1.32. The van der Waals surface area contributed by atoms with E-state index in [1.54, 1.807) is 11.3 Å². The van der Waals surface area contributed by atoms with Crippen LogP contribution in [0.3, 0.4) is 0 Å². The summed E-state index contributed by atoms with van der Waals surface area (Å²) in [6, 6.07) is 0. The molecule has 0 aromatic carbocycles. The second-order valence-corrected chi connectivity index (χ2v) is 6.10. The number of carbonyl (C=O) groups excluding carboxylic acids is 1. The van der Waals surface area contributed by atoms with Gasteiger partial charge in [-0.3, -0.25) is 14.1 Å². The van der Waals surface area contributed by atoms with Gasteiger partial charge in [-0.25, -0.2) is 4.98 Å². The molecule has 6 heteroatoms. The maximum absolute atomic E-state index is 11.2. The molecular formula is C13H18N4OS. The Morgan fingerprint density at radius 3 is 3.05 bits per heavy atom. The monoisotopic (exact) mass is 278 g/mol. The summed E-state index contributed by atoms with van der Waals surface area (Å²) in [5.41, 5.74) is 8.92. The van der Waals surface area contributed by atoms with Gasteiger partial charge in [-0.15, -0.1) is 11.3 Å². The van der Waals surface area contributed by atoms with E-state index in [9.17, 15) is 4.79 Å². The number of aromatic nitrogens is 2. The summed E-state index contributed by atoms with van der Waals surface area (Å²) >= 11 is 1.67. The highest BCUT2D eigenvalue weighted by Gasteiger charge is 2.27. The molecule has 102 valence electrons. The Hall–Kier alpha value is -1.40. The molecule has 0 saturated carbocycles. The predicted molar refractivity (Wildman–Crippen MR) is 75.1 cm³/mol. The zero-order chi connectivity index (χ0) is 13.6. The van der Waals surface area contributed by atoms with Crippen LogP contribution in [0.5, 0.6) is 0 Å². The molecule has 0 bridgehead atoms. The average Bonchev–Trinajstić information content (AvgIpc) is 3.01. The number of imidazole rings is 1. The van der Waals surface area contributed by atoms with E-state index in [1.165, 1.54) is 11.4 Å². The van der Waals surface area contributed by atoms with Crippen molar-refractivity contribution in [3.63, 3.8) is 0 Å². The van der Waals surface area contributed by atoms with E-state index in [-0.39, 0.29) is 11.8 Å². The van der Waals surface area contributed by atoms with Crippen LogP contribution in [0.4, 0.5) is 0 Å². The van der Waals surface area contributed by atoms with Gasteiger partial charge in [0.2, 0.25) is 5.91 Å². The van der Waals surface area contributed by atoms with Gasteiger partial charge in [0.05, 0.1) is 17.3 Å². The lowest BCUT2D eigenvalue weighted by molar-refractivity contribution is -0.121. The molecule has 0 radical (unpaired) electrons. The number of nitrogens with two attached hydrogens (primary N) is 1. The largest absolute Gasteiger partial charge is 0.369 e. The molecule has 1 atom stereocenters. The van der Waals surface area contributed by atoms with E-state index in [4.69, 9.17) is 5.73 Å². The summed E-state index contributed by atoms with van der Waals surface area (Å²) in [5.74, 6) is -0.170. The lowest BCUT2D eigenvalue weighted by atomic mass is 10.1. The number of hydrogen-bond donors (Lipinski definition) is 1. The third-order valence-electron chi connectivity index (χ3n) is 3.88. The molecule has 2 aromatic rings. The lowest BCUT2D eigenvalue weighted by Crippen LogP contribution is -2.27. The van der Waals surface area contributed by atoms with Gasteiger partial charge in [-0.1, -0.05) is 0 Å². The fraction of sp³-hybridized carbons (Fsp3) is 0.538. The minimum absolute atomic E-state index is 0.00675. The molecular weight excluding hydrogens is 260 g/mol. The van der Waals surface area contributed by atoms with Gasteiger partial charge in [0.25, 0.3) is 0 Å². The Labute approximate surface area is 116 Å². The van der Waals surface area contributed by atoms with Crippen molar-refractivity contribution in [2.24, 2.45) is 11.7 Å². The quantitative estimate of drug-likeness (QED) is 0.921. The smallest absolute Gasteiger partial charge is 0.221 e. The number of carbonyl (C=O) groups is 1. The molecule has 1 aliphatic rings. The van der Waals surface area contributed by atoms with Crippen LogP contribution in [0.15, 0.2) is 5.38 Å². The number of hydrogen-bond acceptors (Lipinski definition) is 4. The first kappa shape index (κ1) is 12.6. The normalized spacial score (nSPS) is 20.4. The van der Waals surface area contributed by atoms with E-state index in [0.717, 1.165) is 36.7 Å². The van der Waals surface area contributed by atoms with E-state index in [2.05, 4.69) is 33.5 Å². The molecule has 19 heavy (non-hydrogen) atoms. The fourth-order valence-corrected chi connectivity index (χ4v) is 3.70. The third-order valence-corrected chi connectivity index (χ3v) is 4.82. The van der Waals surface area contributed by atoms with Gasteiger partial charge >= 0.3 is 0 Å². The first-order valence-electron chi connectivity index (χ1n) is 6.50. The summed E-state index contributed by atoms with van der Waals surface area (Å²) in [7, 11) is 0. The molecule has 1 fully saturated rings. The Kier molecular flexibility index (Phi) is 3.06. The number of rotatable bonds is 3. The molecule has 1 saturated heterocycles. The Bertz CT molecular complexity index is 630. The number of amides is 1. The van der Waals surface area contributed by atoms with Crippen LogP contribution in [0.1, 0.15) is 23.5 Å². The standard InChI is InChI=1S/C13H18N4OS/c1-8-7-19-13-15-9(2)11(17(8)13)6-16-4-3-10(5-16)12(14)18/h7,10H,3-6H2,1-2H3,(H2,14,18). The highest BCUT2D eigenvalue weighted by Crippen LogP contribution is 2.24. The minimum Gasteiger partial charge on any atom is -0.369 e. The number of fused-ring (bicyclic) bond motifs is 1. The van der Waals surface area contributed by atoms with Gasteiger partial charge in [0, 0.05) is 24.2 Å². The summed E-state index contributed by atoms with van der Waals surface area (Å²) in [6.45, 7) is 6.70. The van der Waals surface area contributed by atoms with E-state index in [1.807, 2.05) is 0 Å². The van der Waals surface area contributed by atoms with Crippen LogP contribution in [-0.2, 0) is 11.3 Å². The SMILES string of the molecule is Cc1nc2scc(C)n2c1CN1CCC(C(N)=O)C1. The van der Waals surface area contributed by atoms with E-state index < -0.39 is 0 Å². The van der Waals surface area contributed by atoms with Gasteiger partial charge in [0.1, 0.15) is 0 Å². The number of thiazole rings is 1. The van der Waals surface area contributed by atoms with Gasteiger partial charge < -0.3 is 5.73 Å². The highest BCUT2D eigenvalue weighted by molar-refractivity contribution is 7.15. The summed E-state index contributed by atoms with van der Waals surface area (Å²) < 4.78 is 2.22. The van der Waals surface area contributed by atoms with Crippen molar-refractivity contribution < 1.29 is 4.79 Å². The van der Waals surface area contributed by atoms with Crippen molar-refractivity contribution in [3.05, 3.63) is 22.5 Å². The van der Waals surface area contributed by atoms with Crippen molar-refractivity contribution >= 4 is 22.2 Å². The molecule has 0 aliphatic carbocycles. The van der Waals surface area contributed by atoms with Gasteiger partial charge in [0.15, 0.2) is 4.96 Å². The Morgan fingerprint density at radius 2 is 2.37 bits per heavy atom. The molecule has 0 spiro atoms. The van der Waals surface area contributed by atoms with Crippen molar-refractivity contribution in [1.82, 2.24) is 14.3 Å². The maximum atomic E-state index is 11.2. The number of nitrogens with zero attached hydrogens (tertiary/aromatic N) is 3. The topological polar surface area (TPSA) is 63.6 Å². The molecule has 5 nitrogen and oxygen atoms in total. The highest BCUT2D eigenvalue weighted by atomic mass is 32.1. The summed E-state index contributed by atoms with van der Waals surface area (Å²) in [6.07, 6.45) is 0.874. The number of aryl methyl sites for hydroxylation is 2. The summed E-state index contributed by atoms with van der Waals surface area (Å²) in [5, 5.41) is 2.13. The van der Waals surface area contributed by atoms with E-state index >= 15 is 0 Å². The number of likely N-dealkylation sites (tertiary alicyclic amines) is 1. The molecule has 1 amide bonds. The molecule has 1 unspecified atom stereocenters. The van der Waals surface area contributed by atoms with Crippen LogP contribution in [0, 0.1) is 19.8 Å². The first-order valence-corrected chi connectivity index (χ1v) is 7.38. The fourth-order valence-electron chi connectivity index (χ4n) is 2.77. The van der Waals surface area contributed by atoms with Crippen molar-refractivity contribution in [2.75, 3.05) is 13.1 Å². The maximum Gasteiger partial charge on any atom is 0.221 e. The zero-order valence-electron chi connectivity index (χ0n) is 11.2. The lowest BCUT2D eigenvalue weighted by Gasteiger charge is -2.15. The zero-order valence-corrected chi connectivity index (χ0v) is 12.0. The van der Waals surface area contributed by atoms with Gasteiger partial charge in [-0.2, -0.15) is 0 Å². The number of primary amides is 1. The van der Waals surface area contributed by atoms with Crippen LogP contribution in [0.25, 0.3) is 4.96 Å². The summed E-state index contributed by atoms with van der Waals surface area (Å²) in [4.78, 5) is 19.2. The van der Waals surface area contributed by atoms with Crippen molar-refractivity contribution in [2.45, 2.75) is 26.8 Å².